The van der Waals surface area contributed by atoms with Crippen molar-refractivity contribution >= 4 is 32.8 Å². The van der Waals surface area contributed by atoms with E-state index in [1.807, 2.05) is 23.6 Å². The van der Waals surface area contributed by atoms with E-state index in [1.165, 1.54) is 29.5 Å². The minimum atomic E-state index is -3.78. The maximum absolute atomic E-state index is 11.6. The summed E-state index contributed by atoms with van der Waals surface area (Å²) >= 11 is 1.45. The summed E-state index contributed by atoms with van der Waals surface area (Å²) in [5, 5.41) is 10.1. The van der Waals surface area contributed by atoms with Gasteiger partial charge < -0.3 is 9.09 Å². The van der Waals surface area contributed by atoms with Crippen LogP contribution in [0.1, 0.15) is 38.1 Å². The molecular weight excluding hydrogens is 434 g/mol. The highest BCUT2D eigenvalue weighted by Crippen LogP contribution is 2.28. The molecule has 2 aromatic heterocycles. The second-order valence-electron chi connectivity index (χ2n) is 7.41. The first-order valence-electron chi connectivity index (χ1n) is 9.85. The molecule has 0 saturated heterocycles. The molecule has 0 saturated carbocycles. The lowest BCUT2D eigenvalue weighted by Gasteiger charge is -2.04. The Labute approximate surface area is 184 Å². The van der Waals surface area contributed by atoms with Crippen LogP contribution in [0.2, 0.25) is 0 Å². The minimum Gasteiger partial charge on any atom is -0.338 e. The molecule has 8 nitrogen and oxygen atoms in total. The van der Waals surface area contributed by atoms with E-state index >= 15 is 0 Å². The Morgan fingerprint density at radius 3 is 2.52 bits per heavy atom. The molecular formula is C21H23N5O3S2. The van der Waals surface area contributed by atoms with Gasteiger partial charge in [-0.05, 0) is 36.6 Å². The van der Waals surface area contributed by atoms with E-state index in [4.69, 9.17) is 9.66 Å². The number of hydrogen-bond acceptors (Lipinski definition) is 7. The van der Waals surface area contributed by atoms with Crippen LogP contribution in [0, 0.1) is 0 Å². The highest BCUT2D eigenvalue weighted by molar-refractivity contribution is 7.98. The first-order chi connectivity index (χ1) is 14.8. The quantitative estimate of drug-likeness (QED) is 0.414. The molecule has 0 unspecified atom stereocenters. The summed E-state index contributed by atoms with van der Waals surface area (Å²) in [4.78, 5) is 9.12. The van der Waals surface area contributed by atoms with E-state index < -0.39 is 10.0 Å². The molecule has 0 amide bonds. The van der Waals surface area contributed by atoms with Crippen molar-refractivity contribution in [1.82, 2.24) is 19.7 Å². The molecule has 2 aromatic carbocycles. The van der Waals surface area contributed by atoms with Crippen LogP contribution in [0.3, 0.4) is 0 Å². The minimum absolute atomic E-state index is 0.0438. The van der Waals surface area contributed by atoms with Crippen molar-refractivity contribution in [1.29, 1.82) is 0 Å². The van der Waals surface area contributed by atoms with Gasteiger partial charge in [0.15, 0.2) is 5.16 Å². The summed E-state index contributed by atoms with van der Waals surface area (Å²) in [6, 6.07) is 12.9. The number of imidazole rings is 1. The number of benzene rings is 2. The summed E-state index contributed by atoms with van der Waals surface area (Å²) in [5.74, 6) is 1.95. The zero-order chi connectivity index (χ0) is 22.2. The SMILES string of the molecule is CCn1c(SCc2nc(-c3ccc(C(C)C)cc3)no2)nc2cc(S(N)(=O)=O)ccc21. The zero-order valence-corrected chi connectivity index (χ0v) is 19.1. The predicted molar refractivity (Wildman–Crippen MR) is 120 cm³/mol. The number of rotatable bonds is 7. The van der Waals surface area contributed by atoms with Gasteiger partial charge in [-0.15, -0.1) is 0 Å². The predicted octanol–water partition coefficient (Wildman–Crippen LogP) is 4.17. The summed E-state index contributed by atoms with van der Waals surface area (Å²) in [7, 11) is -3.78. The second kappa shape index (κ2) is 8.45. The zero-order valence-electron chi connectivity index (χ0n) is 17.4. The van der Waals surface area contributed by atoms with Gasteiger partial charge in [-0.25, -0.2) is 18.5 Å². The lowest BCUT2D eigenvalue weighted by molar-refractivity contribution is 0.391. The third kappa shape index (κ3) is 4.51. The monoisotopic (exact) mass is 457 g/mol. The average Bonchev–Trinajstić information content (AvgIpc) is 3.35. The number of thioether (sulfide) groups is 1. The number of aromatic nitrogens is 4. The van der Waals surface area contributed by atoms with E-state index in [-0.39, 0.29) is 4.90 Å². The second-order valence-corrected chi connectivity index (χ2v) is 9.92. The van der Waals surface area contributed by atoms with Crippen molar-refractivity contribution in [3.8, 4) is 11.4 Å². The van der Waals surface area contributed by atoms with Crippen LogP contribution < -0.4 is 5.14 Å². The van der Waals surface area contributed by atoms with Gasteiger partial charge in [0, 0.05) is 12.1 Å². The Bertz CT molecular complexity index is 1330. The number of hydrogen-bond donors (Lipinski definition) is 1. The molecule has 4 rings (SSSR count). The number of primary sulfonamides is 1. The molecule has 0 radical (unpaired) electrons. The van der Waals surface area contributed by atoms with E-state index in [1.54, 1.807) is 6.07 Å². The average molecular weight is 458 g/mol. The highest BCUT2D eigenvalue weighted by Gasteiger charge is 2.16. The summed E-state index contributed by atoms with van der Waals surface area (Å²) in [5.41, 5.74) is 3.58. The van der Waals surface area contributed by atoms with Crippen LogP contribution in [0.25, 0.3) is 22.4 Å². The Morgan fingerprint density at radius 1 is 1.13 bits per heavy atom. The van der Waals surface area contributed by atoms with Crippen LogP contribution in [-0.2, 0) is 22.3 Å². The van der Waals surface area contributed by atoms with E-state index in [9.17, 15) is 8.42 Å². The molecule has 4 aromatic rings. The van der Waals surface area contributed by atoms with E-state index in [2.05, 4.69) is 41.1 Å². The molecule has 0 fully saturated rings. The first kappa shape index (κ1) is 21.5. The molecule has 10 heteroatoms. The molecule has 0 atom stereocenters. The highest BCUT2D eigenvalue weighted by atomic mass is 32.2. The number of nitrogens with two attached hydrogens (primary N) is 1. The van der Waals surface area contributed by atoms with E-state index in [0.717, 1.165) is 16.2 Å². The molecule has 0 bridgehead atoms. The van der Waals surface area contributed by atoms with Crippen LogP contribution in [-0.4, -0.2) is 28.1 Å². The molecule has 0 aliphatic heterocycles. The molecule has 0 spiro atoms. The van der Waals surface area contributed by atoms with Crippen molar-refractivity contribution in [2.45, 2.75) is 49.0 Å². The maximum Gasteiger partial charge on any atom is 0.238 e. The molecule has 162 valence electrons. The third-order valence-corrected chi connectivity index (χ3v) is 6.83. The number of fused-ring (bicyclic) bond motifs is 1. The largest absolute Gasteiger partial charge is 0.338 e. The van der Waals surface area contributed by atoms with Crippen molar-refractivity contribution in [2.24, 2.45) is 5.14 Å². The van der Waals surface area contributed by atoms with Crippen LogP contribution in [0.5, 0.6) is 0 Å². The van der Waals surface area contributed by atoms with Crippen molar-refractivity contribution in [3.05, 3.63) is 53.9 Å². The van der Waals surface area contributed by atoms with E-state index in [0.29, 0.717) is 35.4 Å². The number of nitrogens with zero attached hydrogens (tertiary/aromatic N) is 4. The topological polar surface area (TPSA) is 117 Å². The summed E-state index contributed by atoms with van der Waals surface area (Å²) in [6.07, 6.45) is 0. The number of sulfonamides is 1. The van der Waals surface area contributed by atoms with Crippen LogP contribution >= 0.6 is 11.8 Å². The fourth-order valence-electron chi connectivity index (χ4n) is 3.25. The Balaban J connectivity index is 1.54. The van der Waals surface area contributed by atoms with Gasteiger partial charge in [0.25, 0.3) is 0 Å². The molecule has 0 aliphatic carbocycles. The van der Waals surface area contributed by atoms with Gasteiger partial charge in [-0.2, -0.15) is 4.98 Å². The fraction of sp³-hybridized carbons (Fsp3) is 0.286. The van der Waals surface area contributed by atoms with Gasteiger partial charge in [-0.3, -0.25) is 0 Å². The maximum atomic E-state index is 11.6. The third-order valence-electron chi connectivity index (χ3n) is 4.96. The molecule has 2 heterocycles. The van der Waals surface area contributed by atoms with Crippen LogP contribution in [0.4, 0.5) is 0 Å². The van der Waals surface area contributed by atoms with Crippen molar-refractivity contribution in [3.63, 3.8) is 0 Å². The first-order valence-corrected chi connectivity index (χ1v) is 12.4. The summed E-state index contributed by atoms with van der Waals surface area (Å²) < 4.78 is 30.7. The van der Waals surface area contributed by atoms with Crippen molar-refractivity contribution in [2.75, 3.05) is 0 Å². The fourth-order valence-corrected chi connectivity index (χ4v) is 4.70. The summed E-state index contributed by atoms with van der Waals surface area (Å²) in [6.45, 7) is 6.99. The normalized spacial score (nSPS) is 12.2. The number of aryl methyl sites for hydroxylation is 1. The Morgan fingerprint density at radius 2 is 1.87 bits per heavy atom. The van der Waals surface area contributed by atoms with Gasteiger partial charge in [0.05, 0.1) is 21.7 Å². The standard InChI is InChI=1S/C21H23N5O3S2/c1-4-26-18-10-9-16(31(22,27)28)11-17(18)23-21(26)30-12-19-24-20(25-29-19)15-7-5-14(6-8-15)13(2)3/h5-11,13H,4,12H2,1-3H3,(H2,22,27,28). The van der Waals surface area contributed by atoms with Gasteiger partial charge in [0.1, 0.15) is 0 Å². The molecule has 0 aliphatic rings. The lowest BCUT2D eigenvalue weighted by Crippen LogP contribution is -2.11. The van der Waals surface area contributed by atoms with Gasteiger partial charge >= 0.3 is 0 Å². The van der Waals surface area contributed by atoms with Crippen LogP contribution in [0.15, 0.2) is 57.0 Å². The molecule has 31 heavy (non-hydrogen) atoms. The molecule has 2 N–H and O–H groups in total. The van der Waals surface area contributed by atoms with Gasteiger partial charge in [0.2, 0.25) is 21.7 Å². The Kier molecular flexibility index (Phi) is 5.87. The lowest BCUT2D eigenvalue weighted by atomic mass is 10.0. The Hall–Kier alpha value is -2.69. The smallest absolute Gasteiger partial charge is 0.238 e. The van der Waals surface area contributed by atoms with Crippen molar-refractivity contribution < 1.29 is 12.9 Å². The van der Waals surface area contributed by atoms with Gasteiger partial charge in [-0.1, -0.05) is 55.0 Å².